The van der Waals surface area contributed by atoms with Crippen molar-refractivity contribution < 1.29 is 18.4 Å². The van der Waals surface area contributed by atoms with Gasteiger partial charge in [-0.05, 0) is 36.1 Å². The van der Waals surface area contributed by atoms with Gasteiger partial charge in [0.05, 0.1) is 6.20 Å². The molecule has 8 nitrogen and oxygen atoms in total. The second-order valence-electron chi connectivity index (χ2n) is 9.29. The summed E-state index contributed by atoms with van der Waals surface area (Å²) < 4.78 is 18.5. The van der Waals surface area contributed by atoms with E-state index >= 15 is 0 Å². The third-order valence-corrected chi connectivity index (χ3v) is 6.53. The number of amides is 1. The normalized spacial score (nSPS) is 21.1. The molecule has 2 aliphatic rings. The Balaban J connectivity index is 1.54. The van der Waals surface area contributed by atoms with Crippen LogP contribution in [-0.2, 0) is 11.2 Å². The summed E-state index contributed by atoms with van der Waals surface area (Å²) in [5, 5.41) is 6.63. The Bertz CT molecular complexity index is 1350. The molecule has 1 amide bonds. The molecule has 0 radical (unpaired) electrons. The maximum absolute atomic E-state index is 12.8. The average Bonchev–Trinajstić information content (AvgIpc) is 3.59. The zero-order valence-electron chi connectivity index (χ0n) is 19.5. The number of carbonyl (C=O) groups is 1. The van der Waals surface area contributed by atoms with Crippen molar-refractivity contribution in [2.75, 3.05) is 5.32 Å². The summed E-state index contributed by atoms with van der Waals surface area (Å²) in [6.45, 7) is 4.06. The highest BCUT2D eigenvalue weighted by molar-refractivity contribution is 5.76. The number of rotatable bonds is 4. The van der Waals surface area contributed by atoms with E-state index in [1.54, 1.807) is 6.20 Å². The Morgan fingerprint density at radius 1 is 1.11 bits per heavy atom. The lowest BCUT2D eigenvalue weighted by Crippen LogP contribution is -2.32. The molecule has 3 unspecified atom stereocenters. The molecular weight excluding hydrogens is 444 g/mol. The molecule has 35 heavy (non-hydrogen) atoms. The van der Waals surface area contributed by atoms with Crippen LogP contribution in [0.3, 0.4) is 0 Å². The number of aromatic nitrogens is 2. The second-order valence-corrected chi connectivity index (χ2v) is 9.29. The minimum absolute atomic E-state index is 0.0429. The van der Waals surface area contributed by atoms with E-state index in [-0.39, 0.29) is 23.8 Å². The molecule has 0 saturated carbocycles. The number of nitrogens with zero attached hydrogens (tertiary/aromatic N) is 2. The molecule has 4 heterocycles. The number of hydrogen-bond acceptors (Lipinski definition) is 7. The molecule has 0 aliphatic carbocycles. The lowest BCUT2D eigenvalue weighted by atomic mass is 9.92. The molecule has 2 aromatic carbocycles. The number of benzene rings is 2. The zero-order valence-corrected chi connectivity index (χ0v) is 19.5. The first kappa shape index (κ1) is 21.5. The smallest absolute Gasteiger partial charge is 0.248 e. The summed E-state index contributed by atoms with van der Waals surface area (Å²) >= 11 is 0. The Morgan fingerprint density at radius 2 is 1.97 bits per heavy atom. The van der Waals surface area contributed by atoms with Crippen molar-refractivity contribution in [2.24, 2.45) is 5.92 Å². The molecular formula is C27H26N4O4. The van der Waals surface area contributed by atoms with Crippen LogP contribution >= 0.6 is 0 Å². The first-order valence-corrected chi connectivity index (χ1v) is 11.9. The first-order chi connectivity index (χ1) is 17.1. The Kier molecular flexibility index (Phi) is 5.28. The topological polar surface area (TPSA) is 102 Å². The lowest BCUT2D eigenvalue weighted by molar-refractivity contribution is -0.122. The Morgan fingerprint density at radius 3 is 2.74 bits per heavy atom. The zero-order chi connectivity index (χ0) is 23.9. The third kappa shape index (κ3) is 3.95. The Hall–Kier alpha value is -4.07. The van der Waals surface area contributed by atoms with E-state index < -0.39 is 6.23 Å². The molecule has 2 N–H and O–H groups in total. The number of aryl methyl sites for hydroxylation is 1. The molecule has 6 rings (SSSR count). The van der Waals surface area contributed by atoms with Crippen LogP contribution in [-0.4, -0.2) is 22.1 Å². The number of nitrogens with one attached hydrogen (secondary N) is 2. The van der Waals surface area contributed by atoms with Crippen molar-refractivity contribution in [3.05, 3.63) is 83.8 Å². The fraction of sp³-hybridized carbons (Fsp3) is 0.296. The van der Waals surface area contributed by atoms with Crippen LogP contribution in [0.15, 0.2) is 69.8 Å². The maximum Gasteiger partial charge on any atom is 0.248 e. The van der Waals surface area contributed by atoms with E-state index in [4.69, 9.17) is 18.6 Å². The molecule has 0 fully saturated rings. The number of hydrogen-bond donors (Lipinski definition) is 2. The van der Waals surface area contributed by atoms with Crippen molar-refractivity contribution in [3.8, 4) is 17.3 Å². The summed E-state index contributed by atoms with van der Waals surface area (Å²) in [4.78, 5) is 22.0. The van der Waals surface area contributed by atoms with Gasteiger partial charge in [0, 0.05) is 17.7 Å². The highest BCUT2D eigenvalue weighted by Crippen LogP contribution is 2.47. The van der Waals surface area contributed by atoms with Gasteiger partial charge in [0.15, 0.2) is 17.7 Å². The molecule has 3 atom stereocenters. The highest BCUT2D eigenvalue weighted by atomic mass is 16.5. The molecule has 178 valence electrons. The number of oxazole rings is 2. The monoisotopic (exact) mass is 470 g/mol. The number of fused-ring (bicyclic) bond motifs is 4. The van der Waals surface area contributed by atoms with Gasteiger partial charge in [-0.3, -0.25) is 4.79 Å². The quantitative estimate of drug-likeness (QED) is 0.430. The van der Waals surface area contributed by atoms with Crippen LogP contribution in [0.4, 0.5) is 5.69 Å². The van der Waals surface area contributed by atoms with Gasteiger partial charge in [0.2, 0.25) is 17.7 Å². The van der Waals surface area contributed by atoms with Gasteiger partial charge in [-0.2, -0.15) is 0 Å². The van der Waals surface area contributed by atoms with Crippen LogP contribution in [0.5, 0.6) is 5.75 Å². The van der Waals surface area contributed by atoms with Crippen LogP contribution in [0.1, 0.15) is 55.0 Å². The van der Waals surface area contributed by atoms with Crippen LogP contribution < -0.4 is 15.4 Å². The minimum Gasteiger partial charge on any atom is -0.469 e. The molecule has 0 saturated heterocycles. The van der Waals surface area contributed by atoms with Crippen LogP contribution in [0, 0.1) is 5.92 Å². The number of para-hydroxylation sites is 1. The average molecular weight is 471 g/mol. The molecule has 4 aromatic rings. The van der Waals surface area contributed by atoms with Gasteiger partial charge in [-0.25, -0.2) is 9.97 Å². The van der Waals surface area contributed by atoms with Gasteiger partial charge in [0.1, 0.15) is 24.0 Å². The number of carbonyl (C=O) groups excluding carboxylic acids is 1. The van der Waals surface area contributed by atoms with Crippen molar-refractivity contribution in [1.29, 1.82) is 0 Å². The lowest BCUT2D eigenvalue weighted by Gasteiger charge is -2.22. The number of anilines is 1. The van der Waals surface area contributed by atoms with E-state index in [2.05, 4.69) is 21.7 Å². The molecule has 2 aromatic heterocycles. The van der Waals surface area contributed by atoms with Crippen LogP contribution in [0.25, 0.3) is 11.6 Å². The summed E-state index contributed by atoms with van der Waals surface area (Å²) in [6.07, 6.45) is 3.67. The van der Waals surface area contributed by atoms with E-state index in [9.17, 15) is 4.79 Å². The van der Waals surface area contributed by atoms with Crippen LogP contribution in [0.2, 0.25) is 0 Å². The molecule has 0 spiro atoms. The second kappa shape index (κ2) is 8.61. The fourth-order valence-electron chi connectivity index (χ4n) is 4.77. The number of ether oxygens (including phenoxy) is 1. The first-order valence-electron chi connectivity index (χ1n) is 11.9. The van der Waals surface area contributed by atoms with Gasteiger partial charge >= 0.3 is 0 Å². The largest absolute Gasteiger partial charge is 0.469 e. The molecule has 8 heteroatoms. The fourth-order valence-corrected chi connectivity index (χ4v) is 4.77. The predicted molar refractivity (Wildman–Crippen MR) is 129 cm³/mol. The maximum atomic E-state index is 12.8. The van der Waals surface area contributed by atoms with E-state index in [1.807, 2.05) is 56.3 Å². The standard InChI is InChI=1S/C27H26N4O4/c1-15(2)22-27-31-23(26-28-12-13-33-26)24(35-27)21-18-14-16(9-11-20(32)30-22)8-10-19(18)34-25(21)29-17-6-4-3-5-7-17/h3-8,10,12-15,21-22,25,29H,9,11H2,1-2H3,(H,30,32). The predicted octanol–water partition coefficient (Wildman–Crippen LogP) is 5.05. The van der Waals surface area contributed by atoms with E-state index in [1.165, 1.54) is 6.26 Å². The van der Waals surface area contributed by atoms with E-state index in [0.29, 0.717) is 36.1 Å². The van der Waals surface area contributed by atoms with Gasteiger partial charge in [-0.1, -0.05) is 44.2 Å². The van der Waals surface area contributed by atoms with Crippen molar-refractivity contribution >= 4 is 11.6 Å². The highest BCUT2D eigenvalue weighted by Gasteiger charge is 2.42. The SMILES string of the molecule is CC(C)C1NC(=O)CCc2ccc3c(c2)C(c2oc1nc2-c1ncco1)C(Nc1ccccc1)O3. The van der Waals surface area contributed by atoms with Gasteiger partial charge in [-0.15, -0.1) is 0 Å². The van der Waals surface area contributed by atoms with Crippen molar-refractivity contribution in [2.45, 2.75) is 44.9 Å². The van der Waals surface area contributed by atoms with Crippen molar-refractivity contribution in [3.63, 3.8) is 0 Å². The Labute approximate surface area is 202 Å². The summed E-state index contributed by atoms with van der Waals surface area (Å²) in [5.41, 5.74) is 3.48. The van der Waals surface area contributed by atoms with Gasteiger partial charge in [0.25, 0.3) is 0 Å². The van der Waals surface area contributed by atoms with Crippen molar-refractivity contribution in [1.82, 2.24) is 15.3 Å². The summed E-state index contributed by atoms with van der Waals surface area (Å²) in [6, 6.07) is 15.6. The summed E-state index contributed by atoms with van der Waals surface area (Å²) in [7, 11) is 0. The minimum atomic E-state index is -0.438. The third-order valence-electron chi connectivity index (χ3n) is 6.53. The summed E-state index contributed by atoms with van der Waals surface area (Å²) in [5.74, 6) is 1.87. The molecule has 4 bridgehead atoms. The van der Waals surface area contributed by atoms with Gasteiger partial charge < -0.3 is 24.2 Å². The van der Waals surface area contributed by atoms with E-state index in [0.717, 1.165) is 22.6 Å². The molecule has 2 aliphatic heterocycles.